The maximum absolute atomic E-state index is 12.0. The number of nitrogens with one attached hydrogen (secondary N) is 2. The molecule has 2 aromatic rings. The van der Waals surface area contributed by atoms with Crippen molar-refractivity contribution in [2.45, 2.75) is 12.8 Å². The van der Waals surface area contributed by atoms with Crippen molar-refractivity contribution < 1.29 is 14.4 Å². The fourth-order valence-corrected chi connectivity index (χ4v) is 2.45. The zero-order valence-corrected chi connectivity index (χ0v) is 14.4. The van der Waals surface area contributed by atoms with E-state index in [0.717, 1.165) is 0 Å². The molecule has 0 aliphatic rings. The SMILES string of the molecule is O=C(CCC(=O)c1ccccc1Cl)NCCNC(=O)c1ccccc1. The van der Waals surface area contributed by atoms with Crippen molar-refractivity contribution >= 4 is 29.2 Å². The van der Waals surface area contributed by atoms with E-state index >= 15 is 0 Å². The molecule has 0 bridgehead atoms. The summed E-state index contributed by atoms with van der Waals surface area (Å²) < 4.78 is 0. The van der Waals surface area contributed by atoms with Crippen LogP contribution < -0.4 is 10.6 Å². The van der Waals surface area contributed by atoms with Crippen molar-refractivity contribution in [3.63, 3.8) is 0 Å². The van der Waals surface area contributed by atoms with Gasteiger partial charge in [-0.3, -0.25) is 14.4 Å². The van der Waals surface area contributed by atoms with Crippen LogP contribution in [0.1, 0.15) is 33.6 Å². The quantitative estimate of drug-likeness (QED) is 0.563. The normalized spacial score (nSPS) is 10.1. The second kappa shape index (κ2) is 9.59. The van der Waals surface area contributed by atoms with E-state index in [2.05, 4.69) is 10.6 Å². The van der Waals surface area contributed by atoms with E-state index in [1.54, 1.807) is 48.5 Å². The van der Waals surface area contributed by atoms with Crippen LogP contribution in [-0.4, -0.2) is 30.7 Å². The summed E-state index contributed by atoms with van der Waals surface area (Å²) in [7, 11) is 0. The number of carbonyl (C=O) groups is 3. The zero-order chi connectivity index (χ0) is 18.1. The smallest absolute Gasteiger partial charge is 0.251 e. The Labute approximate surface area is 151 Å². The molecule has 6 heteroatoms. The van der Waals surface area contributed by atoms with Gasteiger partial charge in [-0.25, -0.2) is 0 Å². The topological polar surface area (TPSA) is 75.3 Å². The summed E-state index contributed by atoms with van der Waals surface area (Å²) in [5, 5.41) is 5.77. The van der Waals surface area contributed by atoms with E-state index < -0.39 is 0 Å². The highest BCUT2D eigenvalue weighted by Crippen LogP contribution is 2.17. The number of Topliss-reactive ketones (excluding diaryl/α,β-unsaturated/α-hetero) is 1. The Hall–Kier alpha value is -2.66. The molecule has 2 rings (SSSR count). The Bertz CT molecular complexity index is 747. The third-order valence-corrected chi connectivity index (χ3v) is 3.85. The summed E-state index contributed by atoms with van der Waals surface area (Å²) in [6.45, 7) is 0.621. The molecule has 2 aromatic carbocycles. The number of benzene rings is 2. The van der Waals surface area contributed by atoms with Gasteiger partial charge >= 0.3 is 0 Å². The second-order valence-electron chi connectivity index (χ2n) is 5.37. The Kier molecular flexibility index (Phi) is 7.16. The summed E-state index contributed by atoms with van der Waals surface area (Å²) in [6, 6.07) is 15.6. The number of ketones is 1. The van der Waals surface area contributed by atoms with Crippen LogP contribution in [0.5, 0.6) is 0 Å². The van der Waals surface area contributed by atoms with Crippen molar-refractivity contribution in [3.8, 4) is 0 Å². The summed E-state index contributed by atoms with van der Waals surface area (Å²) in [5.41, 5.74) is 0.992. The molecule has 0 spiro atoms. The first-order valence-corrected chi connectivity index (χ1v) is 8.33. The van der Waals surface area contributed by atoms with Crippen LogP contribution in [0.15, 0.2) is 54.6 Å². The minimum atomic E-state index is -0.241. The second-order valence-corrected chi connectivity index (χ2v) is 5.78. The van der Waals surface area contributed by atoms with Gasteiger partial charge in [-0.2, -0.15) is 0 Å². The largest absolute Gasteiger partial charge is 0.354 e. The monoisotopic (exact) mass is 358 g/mol. The Morgan fingerprint density at radius 2 is 1.44 bits per heavy atom. The van der Waals surface area contributed by atoms with Gasteiger partial charge in [0.1, 0.15) is 0 Å². The van der Waals surface area contributed by atoms with Crippen LogP contribution >= 0.6 is 11.6 Å². The molecule has 0 unspecified atom stereocenters. The van der Waals surface area contributed by atoms with Gasteiger partial charge in [-0.05, 0) is 24.3 Å². The van der Waals surface area contributed by atoms with Gasteiger partial charge in [-0.15, -0.1) is 0 Å². The first-order valence-electron chi connectivity index (χ1n) is 7.95. The van der Waals surface area contributed by atoms with Gasteiger partial charge in [-0.1, -0.05) is 41.9 Å². The molecular formula is C19H19ClN2O3. The summed E-state index contributed by atoms with van der Waals surface area (Å²) in [6.07, 6.45) is 0.169. The molecule has 0 heterocycles. The van der Waals surface area contributed by atoms with E-state index in [1.807, 2.05) is 6.07 Å². The number of amides is 2. The molecular weight excluding hydrogens is 340 g/mol. The fourth-order valence-electron chi connectivity index (χ4n) is 2.21. The van der Waals surface area contributed by atoms with E-state index in [-0.39, 0.29) is 30.4 Å². The van der Waals surface area contributed by atoms with Crippen LogP contribution in [0.2, 0.25) is 5.02 Å². The molecule has 130 valence electrons. The van der Waals surface area contributed by atoms with Gasteiger partial charge in [0.15, 0.2) is 5.78 Å². The minimum Gasteiger partial charge on any atom is -0.354 e. The molecule has 0 saturated heterocycles. The molecule has 25 heavy (non-hydrogen) atoms. The third-order valence-electron chi connectivity index (χ3n) is 3.52. The third kappa shape index (κ3) is 6.04. The van der Waals surface area contributed by atoms with Crippen LogP contribution in [0.3, 0.4) is 0 Å². The van der Waals surface area contributed by atoms with Gasteiger partial charge in [0.05, 0.1) is 5.02 Å². The van der Waals surface area contributed by atoms with Crippen LogP contribution in [0.4, 0.5) is 0 Å². The molecule has 0 fully saturated rings. The zero-order valence-electron chi connectivity index (χ0n) is 13.6. The summed E-state index contributed by atoms with van der Waals surface area (Å²) >= 11 is 5.96. The number of hydrogen-bond acceptors (Lipinski definition) is 3. The highest BCUT2D eigenvalue weighted by Gasteiger charge is 2.12. The summed E-state index contributed by atoms with van der Waals surface area (Å²) in [4.78, 5) is 35.6. The van der Waals surface area contributed by atoms with Gasteiger partial charge in [0, 0.05) is 37.1 Å². The molecule has 0 aliphatic heterocycles. The average Bonchev–Trinajstić information content (AvgIpc) is 2.64. The first-order chi connectivity index (χ1) is 12.1. The van der Waals surface area contributed by atoms with Crippen molar-refractivity contribution in [2.75, 3.05) is 13.1 Å². The highest BCUT2D eigenvalue weighted by atomic mass is 35.5. The minimum absolute atomic E-state index is 0.0800. The van der Waals surface area contributed by atoms with Gasteiger partial charge in [0.25, 0.3) is 5.91 Å². The standard InChI is InChI=1S/C19H19ClN2O3/c20-16-9-5-4-8-15(16)17(23)10-11-18(24)21-12-13-22-19(25)14-6-2-1-3-7-14/h1-9H,10-13H2,(H,21,24)(H,22,25). The van der Waals surface area contributed by atoms with Gasteiger partial charge in [0.2, 0.25) is 5.91 Å². The van der Waals surface area contributed by atoms with Crippen molar-refractivity contribution in [3.05, 3.63) is 70.7 Å². The Balaban J connectivity index is 1.65. The van der Waals surface area contributed by atoms with E-state index in [1.165, 1.54) is 0 Å². The fraction of sp³-hybridized carbons (Fsp3) is 0.211. The summed E-state index contributed by atoms with van der Waals surface area (Å²) in [5.74, 6) is -0.601. The van der Waals surface area contributed by atoms with E-state index in [4.69, 9.17) is 11.6 Å². The van der Waals surface area contributed by atoms with Crippen molar-refractivity contribution in [1.82, 2.24) is 10.6 Å². The predicted molar refractivity (Wildman–Crippen MR) is 96.8 cm³/mol. The Morgan fingerprint density at radius 3 is 2.16 bits per heavy atom. The van der Waals surface area contributed by atoms with Crippen LogP contribution in [0, 0.1) is 0 Å². The first kappa shape index (κ1) is 18.7. The number of carbonyl (C=O) groups excluding carboxylic acids is 3. The lowest BCUT2D eigenvalue weighted by atomic mass is 10.1. The lowest BCUT2D eigenvalue weighted by molar-refractivity contribution is -0.121. The number of rotatable bonds is 8. The lowest BCUT2D eigenvalue weighted by Crippen LogP contribution is -2.34. The van der Waals surface area contributed by atoms with E-state index in [0.29, 0.717) is 29.2 Å². The molecule has 2 N–H and O–H groups in total. The van der Waals surface area contributed by atoms with Crippen molar-refractivity contribution in [2.24, 2.45) is 0 Å². The van der Waals surface area contributed by atoms with Crippen molar-refractivity contribution in [1.29, 1.82) is 0 Å². The molecule has 5 nitrogen and oxygen atoms in total. The highest BCUT2D eigenvalue weighted by molar-refractivity contribution is 6.34. The van der Waals surface area contributed by atoms with E-state index in [9.17, 15) is 14.4 Å². The predicted octanol–water partition coefficient (Wildman–Crippen LogP) is 2.85. The molecule has 0 aromatic heterocycles. The lowest BCUT2D eigenvalue weighted by Gasteiger charge is -2.07. The maximum atomic E-state index is 12.0. The average molecular weight is 359 g/mol. The molecule has 2 amide bonds. The molecule has 0 atom stereocenters. The van der Waals surface area contributed by atoms with Gasteiger partial charge < -0.3 is 10.6 Å². The maximum Gasteiger partial charge on any atom is 0.251 e. The molecule has 0 aliphatic carbocycles. The number of halogens is 1. The number of hydrogen-bond donors (Lipinski definition) is 2. The van der Waals surface area contributed by atoms with Crippen LogP contribution in [0.25, 0.3) is 0 Å². The Morgan fingerprint density at radius 1 is 0.800 bits per heavy atom. The molecule has 0 saturated carbocycles. The molecule has 0 radical (unpaired) electrons. The van der Waals surface area contributed by atoms with Crippen LogP contribution in [-0.2, 0) is 4.79 Å².